The number of aliphatic hydroxyl groups is 2. The van der Waals surface area contributed by atoms with Gasteiger partial charge in [-0.2, -0.15) is 0 Å². The maximum absolute atomic E-state index is 9.74. The third-order valence-corrected chi connectivity index (χ3v) is 3.82. The number of rotatable bonds is 3. The molecule has 0 amide bonds. The summed E-state index contributed by atoms with van der Waals surface area (Å²) < 4.78 is 0. The van der Waals surface area contributed by atoms with Gasteiger partial charge in [-0.25, -0.2) is 9.97 Å². The van der Waals surface area contributed by atoms with Crippen LogP contribution in [0.1, 0.15) is 19.3 Å². The van der Waals surface area contributed by atoms with Gasteiger partial charge in [0.2, 0.25) is 0 Å². The van der Waals surface area contributed by atoms with Crippen LogP contribution in [0.15, 0.2) is 42.6 Å². The molecule has 0 bridgehead atoms. The summed E-state index contributed by atoms with van der Waals surface area (Å²) in [6.45, 7) is 0. The Morgan fingerprint density at radius 3 is 2.57 bits per heavy atom. The van der Waals surface area contributed by atoms with E-state index in [4.69, 9.17) is 0 Å². The van der Waals surface area contributed by atoms with Gasteiger partial charge in [0.25, 0.3) is 0 Å². The minimum atomic E-state index is -0.660. The predicted molar refractivity (Wildman–Crippen MR) is 80.7 cm³/mol. The minimum absolute atomic E-state index is 0.127. The van der Waals surface area contributed by atoms with Crippen LogP contribution in [0.3, 0.4) is 0 Å². The number of nitrogens with one attached hydrogen (secondary N) is 1. The summed E-state index contributed by atoms with van der Waals surface area (Å²) >= 11 is 0. The van der Waals surface area contributed by atoms with Crippen LogP contribution in [-0.2, 0) is 0 Å². The van der Waals surface area contributed by atoms with Gasteiger partial charge < -0.3 is 15.5 Å². The van der Waals surface area contributed by atoms with Gasteiger partial charge in [0.05, 0.1) is 12.2 Å². The van der Waals surface area contributed by atoms with Crippen molar-refractivity contribution in [2.75, 3.05) is 5.32 Å². The molecule has 1 aromatic heterocycles. The number of nitrogens with zero attached hydrogens (tertiary/aromatic N) is 2. The summed E-state index contributed by atoms with van der Waals surface area (Å²) in [5.41, 5.74) is 0.972. The summed E-state index contributed by atoms with van der Waals surface area (Å²) in [6, 6.07) is 11.8. The van der Waals surface area contributed by atoms with Gasteiger partial charge >= 0.3 is 0 Å². The molecule has 3 atom stereocenters. The normalized spacial score (nSPS) is 25.5. The number of hydrogen-bond donors (Lipinski definition) is 3. The fraction of sp³-hybridized carbons (Fsp3) is 0.375. The Labute approximate surface area is 123 Å². The van der Waals surface area contributed by atoms with E-state index in [1.807, 2.05) is 36.4 Å². The first-order valence-corrected chi connectivity index (χ1v) is 7.23. The molecule has 0 spiro atoms. The van der Waals surface area contributed by atoms with E-state index in [0.717, 1.165) is 17.8 Å². The summed E-state index contributed by atoms with van der Waals surface area (Å²) in [5.74, 6) is 1.43. The van der Waals surface area contributed by atoms with E-state index in [-0.39, 0.29) is 6.04 Å². The zero-order chi connectivity index (χ0) is 14.7. The first-order chi connectivity index (χ1) is 10.2. The molecule has 1 unspecified atom stereocenters. The van der Waals surface area contributed by atoms with Crippen LogP contribution in [0.2, 0.25) is 0 Å². The lowest BCUT2D eigenvalue weighted by atomic mass is 9.90. The van der Waals surface area contributed by atoms with Crippen LogP contribution in [0.4, 0.5) is 5.82 Å². The second-order valence-electron chi connectivity index (χ2n) is 5.42. The summed E-state index contributed by atoms with van der Waals surface area (Å²) in [5, 5.41) is 22.6. The molecular formula is C16H19N3O2. The maximum atomic E-state index is 9.74. The third kappa shape index (κ3) is 3.37. The second kappa shape index (κ2) is 6.20. The Morgan fingerprint density at radius 1 is 1.00 bits per heavy atom. The molecule has 1 heterocycles. The first kappa shape index (κ1) is 14.0. The van der Waals surface area contributed by atoms with E-state index in [1.165, 1.54) is 0 Å². The zero-order valence-corrected chi connectivity index (χ0v) is 11.7. The van der Waals surface area contributed by atoms with Crippen LogP contribution in [0.5, 0.6) is 0 Å². The van der Waals surface area contributed by atoms with Crippen molar-refractivity contribution in [3.63, 3.8) is 0 Å². The second-order valence-corrected chi connectivity index (χ2v) is 5.42. The van der Waals surface area contributed by atoms with Crippen molar-refractivity contribution in [2.24, 2.45) is 0 Å². The lowest BCUT2D eigenvalue weighted by Crippen LogP contribution is -2.39. The first-order valence-electron chi connectivity index (χ1n) is 7.23. The lowest BCUT2D eigenvalue weighted by molar-refractivity contribution is -0.0120. The molecule has 2 aromatic rings. The Balaban J connectivity index is 1.72. The Morgan fingerprint density at radius 2 is 1.81 bits per heavy atom. The summed E-state index contributed by atoms with van der Waals surface area (Å²) in [6.07, 6.45) is 2.43. The highest BCUT2D eigenvalue weighted by Crippen LogP contribution is 2.23. The van der Waals surface area contributed by atoms with E-state index in [2.05, 4.69) is 15.3 Å². The number of anilines is 1. The number of hydrogen-bond acceptors (Lipinski definition) is 5. The molecular weight excluding hydrogens is 266 g/mol. The Kier molecular flexibility index (Phi) is 4.13. The number of benzene rings is 1. The lowest BCUT2D eigenvalue weighted by Gasteiger charge is -2.30. The van der Waals surface area contributed by atoms with E-state index in [9.17, 15) is 10.2 Å². The standard InChI is InChI=1S/C16H19N3O2/c20-13-7-6-12(10-14(13)21)18-15-8-9-17-16(19-15)11-4-2-1-3-5-11/h1-5,8-9,12-14,20-21H,6-7,10H2,(H,17,18,19)/t12?,13-,14+/m1/s1. The van der Waals surface area contributed by atoms with Gasteiger partial charge in [-0.15, -0.1) is 0 Å². The highest BCUT2D eigenvalue weighted by molar-refractivity contribution is 5.56. The topological polar surface area (TPSA) is 78.3 Å². The van der Waals surface area contributed by atoms with Crippen LogP contribution in [-0.4, -0.2) is 38.4 Å². The smallest absolute Gasteiger partial charge is 0.161 e. The molecule has 5 nitrogen and oxygen atoms in total. The van der Waals surface area contributed by atoms with E-state index in [1.54, 1.807) is 6.20 Å². The van der Waals surface area contributed by atoms with Gasteiger partial charge in [0.1, 0.15) is 5.82 Å². The van der Waals surface area contributed by atoms with Crippen molar-refractivity contribution in [1.82, 2.24) is 9.97 Å². The van der Waals surface area contributed by atoms with Crippen LogP contribution in [0.25, 0.3) is 11.4 Å². The highest BCUT2D eigenvalue weighted by atomic mass is 16.3. The summed E-state index contributed by atoms with van der Waals surface area (Å²) in [7, 11) is 0. The van der Waals surface area contributed by atoms with Crippen molar-refractivity contribution in [2.45, 2.75) is 37.5 Å². The average Bonchev–Trinajstić information content (AvgIpc) is 2.52. The molecule has 3 N–H and O–H groups in total. The predicted octanol–water partition coefficient (Wildman–Crippen LogP) is 1.83. The van der Waals surface area contributed by atoms with Crippen LogP contribution >= 0.6 is 0 Å². The highest BCUT2D eigenvalue weighted by Gasteiger charge is 2.27. The van der Waals surface area contributed by atoms with Crippen LogP contribution < -0.4 is 5.32 Å². The molecule has 1 aliphatic rings. The molecule has 1 saturated carbocycles. The fourth-order valence-electron chi connectivity index (χ4n) is 2.64. The molecule has 1 aliphatic carbocycles. The Hall–Kier alpha value is -1.98. The van der Waals surface area contributed by atoms with E-state index >= 15 is 0 Å². The monoisotopic (exact) mass is 285 g/mol. The van der Waals surface area contributed by atoms with Gasteiger partial charge in [0.15, 0.2) is 5.82 Å². The molecule has 0 saturated heterocycles. The van der Waals surface area contributed by atoms with Crippen molar-refractivity contribution < 1.29 is 10.2 Å². The molecule has 5 heteroatoms. The summed E-state index contributed by atoms with van der Waals surface area (Å²) in [4.78, 5) is 8.80. The Bertz CT molecular complexity index is 591. The SMILES string of the molecule is O[C@@H]1CCC(Nc2ccnc(-c3ccccc3)n2)C[C@@H]1O. The molecule has 110 valence electrons. The average molecular weight is 285 g/mol. The molecule has 1 fully saturated rings. The number of aliphatic hydroxyl groups excluding tert-OH is 2. The quantitative estimate of drug-likeness (QED) is 0.802. The zero-order valence-electron chi connectivity index (χ0n) is 11.7. The maximum Gasteiger partial charge on any atom is 0.161 e. The largest absolute Gasteiger partial charge is 0.390 e. The molecule has 0 aliphatic heterocycles. The van der Waals surface area contributed by atoms with Crippen molar-refractivity contribution >= 4 is 5.82 Å². The molecule has 3 rings (SSSR count). The van der Waals surface area contributed by atoms with Gasteiger partial charge in [-0.05, 0) is 25.3 Å². The van der Waals surface area contributed by atoms with E-state index < -0.39 is 12.2 Å². The van der Waals surface area contributed by atoms with Crippen molar-refractivity contribution in [3.05, 3.63) is 42.6 Å². The third-order valence-electron chi connectivity index (χ3n) is 3.82. The molecule has 1 aromatic carbocycles. The van der Waals surface area contributed by atoms with E-state index in [0.29, 0.717) is 18.7 Å². The van der Waals surface area contributed by atoms with Crippen molar-refractivity contribution in [3.8, 4) is 11.4 Å². The van der Waals surface area contributed by atoms with Crippen LogP contribution in [0, 0.1) is 0 Å². The van der Waals surface area contributed by atoms with Gasteiger partial charge in [-0.3, -0.25) is 0 Å². The fourth-order valence-corrected chi connectivity index (χ4v) is 2.64. The number of aromatic nitrogens is 2. The van der Waals surface area contributed by atoms with Crippen molar-refractivity contribution in [1.29, 1.82) is 0 Å². The molecule has 0 radical (unpaired) electrons. The van der Waals surface area contributed by atoms with Gasteiger partial charge in [-0.1, -0.05) is 30.3 Å². The molecule has 21 heavy (non-hydrogen) atoms. The van der Waals surface area contributed by atoms with Gasteiger partial charge in [0, 0.05) is 17.8 Å². The minimum Gasteiger partial charge on any atom is -0.390 e.